The van der Waals surface area contributed by atoms with Crippen LogP contribution in [0, 0.1) is 16.7 Å². The van der Waals surface area contributed by atoms with Crippen LogP contribution in [0.1, 0.15) is 45.7 Å². The predicted molar refractivity (Wildman–Crippen MR) is 130 cm³/mol. The van der Waals surface area contributed by atoms with Gasteiger partial charge in [-0.2, -0.15) is 5.26 Å². The number of hydrogen-bond donors (Lipinski definition) is 1. The van der Waals surface area contributed by atoms with Crippen LogP contribution in [-0.4, -0.2) is 84.0 Å². The lowest BCUT2D eigenvalue weighted by atomic mass is 9.81. The molecule has 0 saturated carbocycles. The second kappa shape index (κ2) is 9.85. The molecule has 3 heterocycles. The quantitative estimate of drug-likeness (QED) is 0.600. The summed E-state index contributed by atoms with van der Waals surface area (Å²) >= 11 is 3.50. The molecule has 33 heavy (non-hydrogen) atoms. The Hall–Kier alpha value is -2.38. The minimum absolute atomic E-state index is 0.0722. The van der Waals surface area contributed by atoms with Crippen LogP contribution in [-0.2, 0) is 4.79 Å². The number of carbonyl (C=O) groups excluding carboxylic acids is 2. The highest BCUT2D eigenvalue weighted by molar-refractivity contribution is 9.10. The topological polar surface area (TPSA) is 95.8 Å². The van der Waals surface area contributed by atoms with Gasteiger partial charge in [-0.25, -0.2) is 9.78 Å². The Kier molecular flexibility index (Phi) is 7.54. The second-order valence-electron chi connectivity index (χ2n) is 10.3. The van der Waals surface area contributed by atoms with Gasteiger partial charge < -0.3 is 9.80 Å². The number of carbonyl (C=O) groups is 2. The zero-order valence-corrected chi connectivity index (χ0v) is 21.8. The molecule has 1 aromatic rings. The van der Waals surface area contributed by atoms with Crippen LogP contribution in [0.15, 0.2) is 16.6 Å². The predicted octanol–water partition coefficient (Wildman–Crippen LogP) is 2.82. The molecule has 1 aromatic heterocycles. The molecular formula is C23H34BrN7O2. The molecule has 3 rings (SSSR count). The summed E-state index contributed by atoms with van der Waals surface area (Å²) < 4.78 is 0.709. The Labute approximate surface area is 204 Å². The maximum Gasteiger partial charge on any atom is 0.319 e. The summed E-state index contributed by atoms with van der Waals surface area (Å²) in [5, 5.41) is 11.0. The third kappa shape index (κ3) is 5.95. The fourth-order valence-corrected chi connectivity index (χ4v) is 4.96. The molecule has 9 nitrogen and oxygen atoms in total. The average Bonchev–Trinajstić information content (AvgIpc) is 2.75. The maximum absolute atomic E-state index is 13.0. The molecule has 2 fully saturated rings. The van der Waals surface area contributed by atoms with Gasteiger partial charge in [-0.05, 0) is 52.7 Å². The number of likely N-dealkylation sites (tertiary alicyclic amines) is 1. The SMILES string of the molecule is CN1CCC2(CCN(CC(=O)NN(CC(C)(C)C)c3nc(C#N)ccc3Br)CC2)N(C)C1=O. The van der Waals surface area contributed by atoms with Gasteiger partial charge in [-0.3, -0.25) is 20.1 Å². The number of urea groups is 1. The Morgan fingerprint density at radius 3 is 2.48 bits per heavy atom. The summed E-state index contributed by atoms with van der Waals surface area (Å²) in [6.45, 7) is 9.34. The molecule has 2 aliphatic heterocycles. The minimum Gasteiger partial charge on any atom is -0.328 e. The summed E-state index contributed by atoms with van der Waals surface area (Å²) in [6.07, 6.45) is 2.68. The Bertz CT molecular complexity index is 932. The smallest absolute Gasteiger partial charge is 0.319 e. The molecule has 1 N–H and O–H groups in total. The number of aromatic nitrogens is 1. The fourth-order valence-electron chi connectivity index (χ4n) is 4.52. The van der Waals surface area contributed by atoms with Crippen molar-refractivity contribution in [3.8, 4) is 6.07 Å². The van der Waals surface area contributed by atoms with E-state index in [2.05, 4.69) is 58.1 Å². The van der Waals surface area contributed by atoms with Crippen LogP contribution in [0.2, 0.25) is 0 Å². The molecule has 2 saturated heterocycles. The van der Waals surface area contributed by atoms with Crippen LogP contribution in [0.3, 0.4) is 0 Å². The van der Waals surface area contributed by atoms with E-state index in [9.17, 15) is 14.9 Å². The van der Waals surface area contributed by atoms with Crippen LogP contribution in [0.4, 0.5) is 10.6 Å². The first-order valence-electron chi connectivity index (χ1n) is 11.3. The highest BCUT2D eigenvalue weighted by atomic mass is 79.9. The molecular weight excluding hydrogens is 486 g/mol. The molecule has 2 aliphatic rings. The number of hydrogen-bond acceptors (Lipinski definition) is 6. The average molecular weight is 520 g/mol. The van der Waals surface area contributed by atoms with Crippen molar-refractivity contribution < 1.29 is 9.59 Å². The molecule has 0 radical (unpaired) electrons. The van der Waals surface area contributed by atoms with Crippen molar-refractivity contribution in [1.29, 1.82) is 5.26 Å². The van der Waals surface area contributed by atoms with Crippen molar-refractivity contribution in [2.75, 3.05) is 51.8 Å². The number of anilines is 1. The monoisotopic (exact) mass is 519 g/mol. The third-order valence-corrected chi connectivity index (χ3v) is 7.10. The van der Waals surface area contributed by atoms with Crippen LogP contribution < -0.4 is 10.4 Å². The lowest BCUT2D eigenvalue weighted by Crippen LogP contribution is -2.63. The van der Waals surface area contributed by atoms with Gasteiger partial charge in [-0.15, -0.1) is 0 Å². The van der Waals surface area contributed by atoms with E-state index in [0.29, 0.717) is 22.5 Å². The van der Waals surface area contributed by atoms with Crippen LogP contribution >= 0.6 is 15.9 Å². The van der Waals surface area contributed by atoms with Crippen molar-refractivity contribution in [2.24, 2.45) is 5.41 Å². The number of nitriles is 1. The third-order valence-electron chi connectivity index (χ3n) is 6.48. The summed E-state index contributed by atoms with van der Waals surface area (Å²) in [4.78, 5) is 35.6. The van der Waals surface area contributed by atoms with Crippen molar-refractivity contribution in [3.05, 3.63) is 22.3 Å². The normalized spacial score (nSPS) is 18.9. The van der Waals surface area contributed by atoms with Crippen molar-refractivity contribution in [3.63, 3.8) is 0 Å². The largest absolute Gasteiger partial charge is 0.328 e. The highest BCUT2D eigenvalue weighted by Gasteiger charge is 2.44. The lowest BCUT2D eigenvalue weighted by Gasteiger charge is -2.51. The molecule has 0 atom stereocenters. The van der Waals surface area contributed by atoms with E-state index in [0.717, 1.165) is 38.9 Å². The zero-order valence-electron chi connectivity index (χ0n) is 20.2. The van der Waals surface area contributed by atoms with Gasteiger partial charge in [0, 0.05) is 45.8 Å². The first-order chi connectivity index (χ1) is 15.4. The molecule has 0 aliphatic carbocycles. The van der Waals surface area contributed by atoms with Crippen molar-refractivity contribution >= 4 is 33.7 Å². The van der Waals surface area contributed by atoms with E-state index in [1.54, 1.807) is 22.0 Å². The van der Waals surface area contributed by atoms with Crippen LogP contribution in [0.25, 0.3) is 0 Å². The molecule has 180 valence electrons. The van der Waals surface area contributed by atoms with Crippen LogP contribution in [0.5, 0.6) is 0 Å². The molecule has 0 aromatic carbocycles. The number of rotatable bonds is 5. The summed E-state index contributed by atoms with van der Waals surface area (Å²) in [5.41, 5.74) is 3.07. The zero-order chi connectivity index (χ0) is 24.4. The summed E-state index contributed by atoms with van der Waals surface area (Å²) in [5.74, 6) is 0.389. The van der Waals surface area contributed by atoms with Gasteiger partial charge in [-0.1, -0.05) is 20.8 Å². The Balaban J connectivity index is 1.65. The molecule has 0 bridgehead atoms. The van der Waals surface area contributed by atoms with E-state index in [-0.39, 0.29) is 29.4 Å². The van der Waals surface area contributed by atoms with E-state index >= 15 is 0 Å². The standard InChI is InChI=1S/C23H34BrN7O2/c1-22(2,3)16-31(20-18(24)7-6-17(14-25)26-20)27-19(32)15-30-12-9-23(10-13-30)8-11-28(4)21(33)29(23)5/h6-7H,8-13,15-16H2,1-5H3,(H,27,32). The summed E-state index contributed by atoms with van der Waals surface area (Å²) in [7, 11) is 3.74. The van der Waals surface area contributed by atoms with Gasteiger partial charge in [0.1, 0.15) is 11.8 Å². The fraction of sp³-hybridized carbons (Fsp3) is 0.652. The highest BCUT2D eigenvalue weighted by Crippen LogP contribution is 2.35. The number of hydrazine groups is 1. The minimum atomic E-state index is -0.126. The van der Waals surface area contributed by atoms with Gasteiger partial charge in [0.05, 0.1) is 11.0 Å². The summed E-state index contributed by atoms with van der Waals surface area (Å²) in [6, 6.07) is 5.54. The van der Waals surface area contributed by atoms with Crippen molar-refractivity contribution in [2.45, 2.75) is 45.6 Å². The first kappa shape index (κ1) is 25.2. The number of nitrogens with one attached hydrogen (secondary N) is 1. The molecule has 10 heteroatoms. The van der Waals surface area contributed by atoms with Gasteiger partial charge in [0.15, 0.2) is 5.82 Å². The molecule has 3 amide bonds. The second-order valence-corrected chi connectivity index (χ2v) is 11.2. The Morgan fingerprint density at radius 1 is 1.24 bits per heavy atom. The van der Waals surface area contributed by atoms with Gasteiger partial charge in [0.25, 0.3) is 5.91 Å². The lowest BCUT2D eigenvalue weighted by molar-refractivity contribution is -0.123. The number of amides is 3. The molecule has 0 unspecified atom stereocenters. The molecule has 1 spiro atoms. The first-order valence-corrected chi connectivity index (χ1v) is 12.1. The van der Waals surface area contributed by atoms with Gasteiger partial charge >= 0.3 is 6.03 Å². The number of pyridine rings is 1. The van der Waals surface area contributed by atoms with E-state index in [1.807, 2.05) is 19.0 Å². The van der Waals surface area contributed by atoms with E-state index in [4.69, 9.17) is 0 Å². The van der Waals surface area contributed by atoms with E-state index < -0.39 is 0 Å². The number of halogens is 1. The maximum atomic E-state index is 13.0. The number of piperidine rings is 1. The van der Waals surface area contributed by atoms with E-state index in [1.165, 1.54) is 0 Å². The van der Waals surface area contributed by atoms with Gasteiger partial charge in [0.2, 0.25) is 0 Å². The number of nitrogens with zero attached hydrogens (tertiary/aromatic N) is 6. The Morgan fingerprint density at radius 2 is 1.88 bits per heavy atom. The van der Waals surface area contributed by atoms with Crippen molar-refractivity contribution in [1.82, 2.24) is 25.1 Å².